The van der Waals surface area contributed by atoms with Crippen molar-refractivity contribution >= 4 is 17.6 Å². The molecule has 1 N–H and O–H groups in total. The van der Waals surface area contributed by atoms with Crippen molar-refractivity contribution in [3.63, 3.8) is 0 Å². The number of carbonyl (C=O) groups is 2. The molecule has 0 saturated heterocycles. The van der Waals surface area contributed by atoms with Gasteiger partial charge in [-0.25, -0.2) is 0 Å². The molecule has 1 aromatic carbocycles. The standard InChI is InChI=1S/C18H21N3O5/c1-11-8-16(20-26-11)19-17(22)10-21(12-4-5-12)18(23)14-7-6-13(24-2)9-15(14)25-3/h6-9,12H,4-5,10H2,1-3H3,(H,19,20,22). The predicted octanol–water partition coefficient (Wildman–Crippen LogP) is 2.24. The largest absolute Gasteiger partial charge is 0.497 e. The van der Waals surface area contributed by atoms with E-state index >= 15 is 0 Å². The van der Waals surface area contributed by atoms with Crippen LogP contribution in [0.5, 0.6) is 11.5 Å². The van der Waals surface area contributed by atoms with Crippen LogP contribution in [0.2, 0.25) is 0 Å². The van der Waals surface area contributed by atoms with Crippen LogP contribution in [0.4, 0.5) is 5.82 Å². The van der Waals surface area contributed by atoms with Gasteiger partial charge in [0.1, 0.15) is 23.8 Å². The highest BCUT2D eigenvalue weighted by Gasteiger charge is 2.35. The summed E-state index contributed by atoms with van der Waals surface area (Å²) in [6, 6.07) is 6.66. The molecule has 0 atom stereocenters. The van der Waals surface area contributed by atoms with E-state index in [0.717, 1.165) is 12.8 Å². The van der Waals surface area contributed by atoms with E-state index in [1.54, 1.807) is 43.2 Å². The molecule has 1 aliphatic carbocycles. The Morgan fingerprint density at radius 3 is 2.62 bits per heavy atom. The number of methoxy groups -OCH3 is 2. The second-order valence-electron chi connectivity index (χ2n) is 6.10. The molecular weight excluding hydrogens is 338 g/mol. The van der Waals surface area contributed by atoms with Gasteiger partial charge in [-0.15, -0.1) is 0 Å². The molecule has 8 heteroatoms. The first-order valence-electron chi connectivity index (χ1n) is 8.28. The number of carbonyl (C=O) groups excluding carboxylic acids is 2. The van der Waals surface area contributed by atoms with E-state index in [0.29, 0.717) is 28.6 Å². The summed E-state index contributed by atoms with van der Waals surface area (Å²) in [6.07, 6.45) is 1.75. The van der Waals surface area contributed by atoms with E-state index in [1.807, 2.05) is 0 Å². The van der Waals surface area contributed by atoms with Crippen LogP contribution in [0, 0.1) is 6.92 Å². The van der Waals surface area contributed by atoms with Gasteiger partial charge < -0.3 is 24.2 Å². The SMILES string of the molecule is COc1ccc(C(=O)N(CC(=O)Nc2cc(C)on2)C2CC2)c(OC)c1. The first-order valence-corrected chi connectivity index (χ1v) is 8.28. The minimum Gasteiger partial charge on any atom is -0.497 e. The monoisotopic (exact) mass is 359 g/mol. The quantitative estimate of drug-likeness (QED) is 0.815. The van der Waals surface area contributed by atoms with E-state index in [1.165, 1.54) is 7.11 Å². The number of aromatic nitrogens is 1. The smallest absolute Gasteiger partial charge is 0.258 e. The predicted molar refractivity (Wildman–Crippen MR) is 93.5 cm³/mol. The fourth-order valence-electron chi connectivity index (χ4n) is 2.65. The van der Waals surface area contributed by atoms with Crippen molar-refractivity contribution in [1.29, 1.82) is 0 Å². The summed E-state index contributed by atoms with van der Waals surface area (Å²) in [4.78, 5) is 26.9. The number of nitrogens with zero attached hydrogens (tertiary/aromatic N) is 2. The molecular formula is C18H21N3O5. The number of aryl methyl sites for hydroxylation is 1. The van der Waals surface area contributed by atoms with Gasteiger partial charge in [0, 0.05) is 18.2 Å². The number of hydrogen-bond donors (Lipinski definition) is 1. The van der Waals surface area contributed by atoms with Crippen LogP contribution in [0.3, 0.4) is 0 Å². The molecule has 26 heavy (non-hydrogen) atoms. The molecule has 3 rings (SSSR count). The maximum absolute atomic E-state index is 13.0. The molecule has 1 saturated carbocycles. The van der Waals surface area contributed by atoms with Gasteiger partial charge in [0.25, 0.3) is 5.91 Å². The molecule has 2 amide bonds. The molecule has 2 aromatic rings. The molecule has 138 valence electrons. The Morgan fingerprint density at radius 2 is 2.04 bits per heavy atom. The maximum atomic E-state index is 13.0. The second kappa shape index (κ2) is 7.47. The number of hydrogen-bond acceptors (Lipinski definition) is 6. The summed E-state index contributed by atoms with van der Waals surface area (Å²) in [7, 11) is 3.04. The lowest BCUT2D eigenvalue weighted by Crippen LogP contribution is -2.39. The normalized spacial score (nSPS) is 13.2. The van der Waals surface area contributed by atoms with Gasteiger partial charge in [-0.05, 0) is 31.9 Å². The fourth-order valence-corrected chi connectivity index (χ4v) is 2.65. The van der Waals surface area contributed by atoms with Gasteiger partial charge in [0.2, 0.25) is 5.91 Å². The minimum absolute atomic E-state index is 0.0547. The van der Waals surface area contributed by atoms with E-state index in [2.05, 4.69) is 10.5 Å². The molecule has 0 bridgehead atoms. The molecule has 1 fully saturated rings. The lowest BCUT2D eigenvalue weighted by molar-refractivity contribution is -0.117. The number of anilines is 1. The summed E-state index contributed by atoms with van der Waals surface area (Å²) in [5, 5.41) is 6.37. The van der Waals surface area contributed by atoms with Crippen LogP contribution in [0.1, 0.15) is 29.0 Å². The summed E-state index contributed by atoms with van der Waals surface area (Å²) >= 11 is 0. The lowest BCUT2D eigenvalue weighted by Gasteiger charge is -2.22. The topological polar surface area (TPSA) is 93.9 Å². The van der Waals surface area contributed by atoms with Crippen molar-refractivity contribution in [2.24, 2.45) is 0 Å². The zero-order chi connectivity index (χ0) is 18.7. The fraction of sp³-hybridized carbons (Fsp3) is 0.389. The lowest BCUT2D eigenvalue weighted by atomic mass is 10.1. The first-order chi connectivity index (χ1) is 12.5. The highest BCUT2D eigenvalue weighted by atomic mass is 16.5. The van der Waals surface area contributed by atoms with E-state index < -0.39 is 0 Å². The van der Waals surface area contributed by atoms with Crippen LogP contribution in [-0.4, -0.2) is 48.7 Å². The number of rotatable bonds is 7. The van der Waals surface area contributed by atoms with Crippen molar-refractivity contribution in [3.05, 3.63) is 35.6 Å². The van der Waals surface area contributed by atoms with E-state index in [9.17, 15) is 9.59 Å². The van der Waals surface area contributed by atoms with Crippen molar-refractivity contribution in [2.45, 2.75) is 25.8 Å². The van der Waals surface area contributed by atoms with Gasteiger partial charge in [-0.3, -0.25) is 9.59 Å². The van der Waals surface area contributed by atoms with Gasteiger partial charge in [0.15, 0.2) is 5.82 Å². The second-order valence-corrected chi connectivity index (χ2v) is 6.10. The number of amides is 2. The molecule has 1 heterocycles. The van der Waals surface area contributed by atoms with Crippen molar-refractivity contribution < 1.29 is 23.6 Å². The molecule has 8 nitrogen and oxygen atoms in total. The van der Waals surface area contributed by atoms with Gasteiger partial charge >= 0.3 is 0 Å². The van der Waals surface area contributed by atoms with Crippen LogP contribution < -0.4 is 14.8 Å². The van der Waals surface area contributed by atoms with E-state index in [4.69, 9.17) is 14.0 Å². The molecule has 1 aliphatic rings. The van der Waals surface area contributed by atoms with Crippen LogP contribution >= 0.6 is 0 Å². The highest BCUT2D eigenvalue weighted by molar-refractivity contribution is 6.01. The van der Waals surface area contributed by atoms with Gasteiger partial charge in [-0.2, -0.15) is 0 Å². The Kier molecular flexibility index (Phi) is 5.11. The first kappa shape index (κ1) is 17.8. The third kappa shape index (κ3) is 3.96. The zero-order valence-corrected chi connectivity index (χ0v) is 14.9. The third-order valence-electron chi connectivity index (χ3n) is 4.10. The Labute approximate surface area is 151 Å². The molecule has 0 unspecified atom stereocenters. The average molecular weight is 359 g/mol. The van der Waals surface area contributed by atoms with Crippen LogP contribution in [0.15, 0.2) is 28.8 Å². The van der Waals surface area contributed by atoms with Gasteiger partial charge in [0.05, 0.1) is 19.8 Å². The number of benzene rings is 1. The van der Waals surface area contributed by atoms with Crippen LogP contribution in [0.25, 0.3) is 0 Å². The summed E-state index contributed by atoms with van der Waals surface area (Å²) < 4.78 is 15.4. The highest BCUT2D eigenvalue weighted by Crippen LogP contribution is 2.31. The Hall–Kier alpha value is -3.03. The van der Waals surface area contributed by atoms with Crippen molar-refractivity contribution in [1.82, 2.24) is 10.1 Å². The average Bonchev–Trinajstić information content (AvgIpc) is 3.41. The minimum atomic E-state index is -0.328. The maximum Gasteiger partial charge on any atom is 0.258 e. The van der Waals surface area contributed by atoms with Gasteiger partial charge in [-0.1, -0.05) is 5.16 Å². The Balaban J connectivity index is 1.75. The number of ether oxygens (including phenoxy) is 2. The summed E-state index contributed by atoms with van der Waals surface area (Å²) in [5.74, 6) is 1.35. The summed E-state index contributed by atoms with van der Waals surface area (Å²) in [6.45, 7) is 1.67. The summed E-state index contributed by atoms with van der Waals surface area (Å²) in [5.41, 5.74) is 0.394. The van der Waals surface area contributed by atoms with Crippen molar-refractivity contribution in [2.75, 3.05) is 26.1 Å². The third-order valence-corrected chi connectivity index (χ3v) is 4.10. The molecule has 0 spiro atoms. The van der Waals surface area contributed by atoms with E-state index in [-0.39, 0.29) is 24.4 Å². The molecule has 0 aliphatic heterocycles. The van der Waals surface area contributed by atoms with Crippen LogP contribution in [-0.2, 0) is 4.79 Å². The molecule has 1 aromatic heterocycles. The zero-order valence-electron chi connectivity index (χ0n) is 14.9. The molecule has 0 radical (unpaired) electrons. The van der Waals surface area contributed by atoms with Crippen molar-refractivity contribution in [3.8, 4) is 11.5 Å². The number of nitrogens with one attached hydrogen (secondary N) is 1. The Bertz CT molecular complexity index is 813. The Morgan fingerprint density at radius 1 is 1.27 bits per heavy atom.